The Kier molecular flexibility index (Phi) is 4.90. The van der Waals surface area contributed by atoms with Gasteiger partial charge in [0.2, 0.25) is 0 Å². The first-order valence-corrected chi connectivity index (χ1v) is 7.25. The summed E-state index contributed by atoms with van der Waals surface area (Å²) in [7, 11) is -2.22. The molecule has 1 unspecified atom stereocenters. The maximum Gasteiger partial charge on any atom is 0.260 e. The third-order valence-corrected chi connectivity index (χ3v) is 4.73. The highest BCUT2D eigenvalue weighted by Crippen LogP contribution is 2.16. The van der Waals surface area contributed by atoms with E-state index in [9.17, 15) is 8.42 Å². The molecule has 0 radical (unpaired) electrons. The molecule has 0 amide bonds. The number of H-pyrrole nitrogens is 1. The van der Waals surface area contributed by atoms with Gasteiger partial charge in [-0.1, -0.05) is 12.1 Å². The number of imidazole rings is 1. The lowest BCUT2D eigenvalue weighted by Gasteiger charge is -2.22. The van der Waals surface area contributed by atoms with Crippen LogP contribution in [0.1, 0.15) is 26.1 Å². The van der Waals surface area contributed by atoms with Crippen molar-refractivity contribution in [1.29, 1.82) is 0 Å². The van der Waals surface area contributed by atoms with Crippen molar-refractivity contribution in [3.8, 4) is 0 Å². The number of oxime groups is 1. The molecule has 0 bridgehead atoms. The minimum absolute atomic E-state index is 0.0200. The Hall–Kier alpha value is -1.61. The van der Waals surface area contributed by atoms with Crippen LogP contribution in [0.2, 0.25) is 0 Å². The van der Waals surface area contributed by atoms with E-state index in [1.165, 1.54) is 13.2 Å². The van der Waals surface area contributed by atoms with Crippen LogP contribution >= 0.6 is 0 Å². The lowest BCUT2D eigenvalue weighted by Crippen LogP contribution is -2.37. The Morgan fingerprint density at radius 1 is 1.68 bits per heavy atom. The summed E-state index contributed by atoms with van der Waals surface area (Å²) in [6.07, 6.45) is 2.06. The molecule has 0 saturated heterocycles. The van der Waals surface area contributed by atoms with Crippen LogP contribution in [0.3, 0.4) is 0 Å². The van der Waals surface area contributed by atoms with Gasteiger partial charge in [-0.05, 0) is 6.92 Å². The highest BCUT2D eigenvalue weighted by molar-refractivity contribution is 7.89. The van der Waals surface area contributed by atoms with Crippen LogP contribution in [0, 0.1) is 0 Å². The van der Waals surface area contributed by atoms with Gasteiger partial charge in [0.1, 0.15) is 11.7 Å². The summed E-state index contributed by atoms with van der Waals surface area (Å²) < 4.78 is 25.7. The molecule has 1 aromatic rings. The zero-order valence-electron chi connectivity index (χ0n) is 11.2. The second-order valence-electron chi connectivity index (χ2n) is 4.21. The van der Waals surface area contributed by atoms with Crippen molar-refractivity contribution < 1.29 is 13.6 Å². The minimum Gasteiger partial charge on any atom is -0.409 e. The molecule has 1 rings (SSSR count). The van der Waals surface area contributed by atoms with E-state index in [0.29, 0.717) is 12.2 Å². The molecule has 0 saturated carbocycles. The van der Waals surface area contributed by atoms with Gasteiger partial charge in [-0.2, -0.15) is 4.31 Å². The lowest BCUT2D eigenvalue weighted by molar-refractivity contribution is 0.313. The molecule has 0 spiro atoms. The predicted octanol–water partition coefficient (Wildman–Crippen LogP) is 0.118. The molecule has 0 aliphatic heterocycles. The topological polar surface area (TPSA) is 125 Å². The van der Waals surface area contributed by atoms with E-state index in [0.717, 1.165) is 4.31 Å². The molecule has 1 atom stereocenters. The van der Waals surface area contributed by atoms with Gasteiger partial charge in [0.15, 0.2) is 5.03 Å². The monoisotopic (exact) mass is 289 g/mol. The molecule has 19 heavy (non-hydrogen) atoms. The van der Waals surface area contributed by atoms with Crippen molar-refractivity contribution in [3.05, 3.63) is 12.0 Å². The third-order valence-electron chi connectivity index (χ3n) is 2.85. The minimum atomic E-state index is -3.66. The number of aromatic amines is 1. The van der Waals surface area contributed by atoms with Crippen molar-refractivity contribution in [3.63, 3.8) is 0 Å². The summed E-state index contributed by atoms with van der Waals surface area (Å²) >= 11 is 0. The highest BCUT2D eigenvalue weighted by atomic mass is 32.2. The summed E-state index contributed by atoms with van der Waals surface area (Å²) in [5, 5.41) is 11.4. The van der Waals surface area contributed by atoms with E-state index in [2.05, 4.69) is 15.1 Å². The summed E-state index contributed by atoms with van der Waals surface area (Å²) in [6, 6.07) is -0.436. The Morgan fingerprint density at radius 2 is 2.32 bits per heavy atom. The second-order valence-corrected chi connectivity index (χ2v) is 6.18. The Balaban J connectivity index is 2.93. The fourth-order valence-electron chi connectivity index (χ4n) is 1.52. The summed E-state index contributed by atoms with van der Waals surface area (Å²) in [4.78, 5) is 6.72. The largest absolute Gasteiger partial charge is 0.409 e. The number of hydrogen-bond donors (Lipinski definition) is 3. The Bertz CT molecular complexity index is 551. The van der Waals surface area contributed by atoms with Crippen molar-refractivity contribution in [2.24, 2.45) is 10.9 Å². The molecule has 1 aromatic heterocycles. The molecule has 108 valence electrons. The average Bonchev–Trinajstić information content (AvgIpc) is 2.86. The van der Waals surface area contributed by atoms with Crippen LogP contribution in [-0.4, -0.2) is 46.8 Å². The van der Waals surface area contributed by atoms with Crippen LogP contribution in [0.4, 0.5) is 0 Å². The number of aromatic nitrogens is 2. The van der Waals surface area contributed by atoms with E-state index in [1.54, 1.807) is 6.92 Å². The molecule has 0 aliphatic carbocycles. The SMILES string of the molecule is CCc1ncc(S(=O)(=O)N(C)C(C)CC(N)=NO)[nH]1. The van der Waals surface area contributed by atoms with Gasteiger partial charge in [0.05, 0.1) is 6.20 Å². The zero-order valence-corrected chi connectivity index (χ0v) is 12.0. The van der Waals surface area contributed by atoms with Crippen molar-refractivity contribution in [2.75, 3.05) is 7.05 Å². The fraction of sp³-hybridized carbons (Fsp3) is 0.600. The van der Waals surface area contributed by atoms with Gasteiger partial charge in [-0.15, -0.1) is 0 Å². The summed E-state index contributed by atoms with van der Waals surface area (Å²) in [5.41, 5.74) is 5.38. The predicted molar refractivity (Wildman–Crippen MR) is 70.4 cm³/mol. The first-order chi connectivity index (χ1) is 8.82. The van der Waals surface area contributed by atoms with Crippen LogP contribution in [0.15, 0.2) is 16.4 Å². The van der Waals surface area contributed by atoms with Gasteiger partial charge >= 0.3 is 0 Å². The second kappa shape index (κ2) is 6.02. The Labute approximate surface area is 112 Å². The first kappa shape index (κ1) is 15.4. The van der Waals surface area contributed by atoms with Gasteiger partial charge in [-0.3, -0.25) is 0 Å². The number of rotatable bonds is 6. The van der Waals surface area contributed by atoms with E-state index in [1.807, 2.05) is 6.92 Å². The Morgan fingerprint density at radius 3 is 2.79 bits per heavy atom. The first-order valence-electron chi connectivity index (χ1n) is 5.81. The van der Waals surface area contributed by atoms with Crippen LogP contribution < -0.4 is 5.73 Å². The fourth-order valence-corrected chi connectivity index (χ4v) is 2.81. The number of nitrogens with two attached hydrogens (primary N) is 1. The average molecular weight is 289 g/mol. The van der Waals surface area contributed by atoms with E-state index < -0.39 is 16.1 Å². The van der Waals surface area contributed by atoms with Crippen molar-refractivity contribution in [2.45, 2.75) is 37.8 Å². The van der Waals surface area contributed by atoms with Crippen LogP contribution in [0.5, 0.6) is 0 Å². The molecule has 0 aliphatic rings. The zero-order chi connectivity index (χ0) is 14.6. The summed E-state index contributed by atoms with van der Waals surface area (Å²) in [6.45, 7) is 3.55. The molecule has 1 heterocycles. The number of hydrogen-bond acceptors (Lipinski definition) is 5. The molecule has 4 N–H and O–H groups in total. The molecule has 0 aromatic carbocycles. The van der Waals surface area contributed by atoms with Gasteiger partial charge < -0.3 is 15.9 Å². The molecular formula is C10H19N5O3S. The maximum atomic E-state index is 12.3. The van der Waals surface area contributed by atoms with Gasteiger partial charge in [0.25, 0.3) is 10.0 Å². The van der Waals surface area contributed by atoms with E-state index >= 15 is 0 Å². The number of aryl methyl sites for hydroxylation is 1. The maximum absolute atomic E-state index is 12.3. The molecular weight excluding hydrogens is 270 g/mol. The quantitative estimate of drug-likeness (QED) is 0.297. The smallest absolute Gasteiger partial charge is 0.260 e. The molecule has 9 heteroatoms. The van der Waals surface area contributed by atoms with E-state index in [4.69, 9.17) is 10.9 Å². The van der Waals surface area contributed by atoms with Crippen LogP contribution in [-0.2, 0) is 16.4 Å². The molecule has 8 nitrogen and oxygen atoms in total. The van der Waals surface area contributed by atoms with Crippen molar-refractivity contribution in [1.82, 2.24) is 14.3 Å². The number of sulfonamides is 1. The van der Waals surface area contributed by atoms with Crippen molar-refractivity contribution >= 4 is 15.9 Å². The van der Waals surface area contributed by atoms with Gasteiger partial charge in [0, 0.05) is 25.9 Å². The summed E-state index contributed by atoms with van der Waals surface area (Å²) in [5.74, 6) is 0.587. The highest BCUT2D eigenvalue weighted by Gasteiger charge is 2.27. The van der Waals surface area contributed by atoms with E-state index in [-0.39, 0.29) is 17.3 Å². The normalized spacial score (nSPS) is 14.8. The number of nitrogens with one attached hydrogen (secondary N) is 1. The number of amidine groups is 1. The number of nitrogens with zero attached hydrogens (tertiary/aromatic N) is 3. The molecule has 0 fully saturated rings. The third kappa shape index (κ3) is 3.44. The van der Waals surface area contributed by atoms with Gasteiger partial charge in [-0.25, -0.2) is 13.4 Å². The standard InChI is InChI=1S/C10H19N5O3S/c1-4-9-12-6-10(13-9)19(17,18)15(3)7(2)5-8(11)14-16/h6-7,16H,4-5H2,1-3H3,(H2,11,14)(H,12,13). The van der Waals surface area contributed by atoms with Crippen LogP contribution in [0.25, 0.3) is 0 Å². The lowest BCUT2D eigenvalue weighted by atomic mass is 10.2.